The van der Waals surface area contributed by atoms with Gasteiger partial charge in [-0.25, -0.2) is 0 Å². The number of carbonyl (C=O) groups is 2. The first-order chi connectivity index (χ1) is 10.5. The number of rotatable bonds is 4. The van der Waals surface area contributed by atoms with Crippen molar-refractivity contribution in [2.75, 3.05) is 33.7 Å². The van der Waals surface area contributed by atoms with Gasteiger partial charge in [-0.15, -0.1) is 0 Å². The van der Waals surface area contributed by atoms with Crippen LogP contribution in [0.5, 0.6) is 0 Å². The molecule has 0 spiro atoms. The molecule has 1 atom stereocenters. The number of halogens is 1. The molecule has 1 fully saturated rings. The molecule has 1 aromatic rings. The summed E-state index contributed by atoms with van der Waals surface area (Å²) in [6, 6.07) is 7.77. The maximum absolute atomic E-state index is 12.3. The highest BCUT2D eigenvalue weighted by Crippen LogP contribution is 2.14. The van der Waals surface area contributed by atoms with Gasteiger partial charge < -0.3 is 15.1 Å². The minimum Gasteiger partial charge on any atom is -0.343 e. The molecule has 1 aliphatic rings. The Bertz CT molecular complexity index is 548. The van der Waals surface area contributed by atoms with Crippen LogP contribution in [0.4, 0.5) is 0 Å². The molecule has 120 valence electrons. The second-order valence-electron chi connectivity index (χ2n) is 5.76. The van der Waals surface area contributed by atoms with Crippen molar-refractivity contribution in [3.05, 3.63) is 33.4 Å². The molecule has 2 rings (SSSR count). The number of likely N-dealkylation sites (tertiary alicyclic amines) is 1. The van der Waals surface area contributed by atoms with Gasteiger partial charge >= 0.3 is 0 Å². The van der Waals surface area contributed by atoms with E-state index < -0.39 is 0 Å². The molecule has 1 heterocycles. The van der Waals surface area contributed by atoms with Gasteiger partial charge in [-0.2, -0.15) is 0 Å². The van der Waals surface area contributed by atoms with Gasteiger partial charge in [-0.05, 0) is 61.7 Å². The molecule has 1 aromatic carbocycles. The van der Waals surface area contributed by atoms with Crippen LogP contribution in [0, 0.1) is 3.57 Å². The number of piperidine rings is 1. The predicted molar refractivity (Wildman–Crippen MR) is 94.8 cm³/mol. The number of amides is 2. The number of benzene rings is 1. The van der Waals surface area contributed by atoms with Crippen LogP contribution in [-0.2, 0) is 4.79 Å². The van der Waals surface area contributed by atoms with E-state index in [0.29, 0.717) is 11.6 Å². The third-order valence-electron chi connectivity index (χ3n) is 4.00. The van der Waals surface area contributed by atoms with Crippen LogP contribution < -0.4 is 5.32 Å². The van der Waals surface area contributed by atoms with E-state index >= 15 is 0 Å². The van der Waals surface area contributed by atoms with E-state index in [1.54, 1.807) is 6.07 Å². The van der Waals surface area contributed by atoms with Gasteiger partial charge in [0.05, 0.1) is 12.1 Å². The topological polar surface area (TPSA) is 52.6 Å². The summed E-state index contributed by atoms with van der Waals surface area (Å²) < 4.78 is 0.885. The van der Waals surface area contributed by atoms with Crippen molar-refractivity contribution in [2.24, 2.45) is 0 Å². The van der Waals surface area contributed by atoms with Crippen molar-refractivity contribution < 1.29 is 9.59 Å². The van der Waals surface area contributed by atoms with E-state index in [9.17, 15) is 9.59 Å². The van der Waals surface area contributed by atoms with Crippen molar-refractivity contribution in [3.8, 4) is 0 Å². The third-order valence-corrected chi connectivity index (χ3v) is 4.94. The van der Waals surface area contributed by atoms with Gasteiger partial charge in [0.2, 0.25) is 5.91 Å². The first-order valence-corrected chi connectivity index (χ1v) is 8.54. The standard InChI is InChI=1S/C16H22IN3O2/c1-19(2)12-6-5-9-20(11-12)15(21)10-18-16(22)13-7-3-4-8-14(13)17/h3-4,7-8,12H,5-6,9-11H2,1-2H3,(H,18,22). The third kappa shape index (κ3) is 4.42. The molecule has 1 saturated heterocycles. The SMILES string of the molecule is CN(C)C1CCCN(C(=O)CNC(=O)c2ccccc2I)C1. The number of carbonyl (C=O) groups excluding carboxylic acids is 2. The van der Waals surface area contributed by atoms with Crippen LogP contribution in [0.25, 0.3) is 0 Å². The van der Waals surface area contributed by atoms with Gasteiger partial charge in [-0.1, -0.05) is 12.1 Å². The molecular weight excluding hydrogens is 393 g/mol. The van der Waals surface area contributed by atoms with E-state index in [0.717, 1.165) is 29.5 Å². The van der Waals surface area contributed by atoms with E-state index in [4.69, 9.17) is 0 Å². The van der Waals surface area contributed by atoms with E-state index in [1.807, 2.05) is 37.2 Å². The Morgan fingerprint density at radius 3 is 2.77 bits per heavy atom. The van der Waals surface area contributed by atoms with Crippen LogP contribution in [0.3, 0.4) is 0 Å². The summed E-state index contributed by atoms with van der Waals surface area (Å²) in [5.41, 5.74) is 0.612. The van der Waals surface area contributed by atoms with Crippen LogP contribution in [0.15, 0.2) is 24.3 Å². The predicted octanol–water partition coefficient (Wildman–Crippen LogP) is 1.57. The Kier molecular flexibility index (Phi) is 6.19. The molecule has 22 heavy (non-hydrogen) atoms. The van der Waals surface area contributed by atoms with Crippen LogP contribution >= 0.6 is 22.6 Å². The summed E-state index contributed by atoms with van der Waals surface area (Å²) in [6.45, 7) is 1.58. The van der Waals surface area contributed by atoms with Gasteiger partial charge in [0.15, 0.2) is 0 Å². The van der Waals surface area contributed by atoms with Crippen LogP contribution in [0.2, 0.25) is 0 Å². The first kappa shape index (κ1) is 17.2. The zero-order chi connectivity index (χ0) is 16.1. The Morgan fingerprint density at radius 2 is 2.09 bits per heavy atom. The van der Waals surface area contributed by atoms with E-state index in [2.05, 4.69) is 32.8 Å². The van der Waals surface area contributed by atoms with Crippen molar-refractivity contribution >= 4 is 34.4 Å². The van der Waals surface area contributed by atoms with Gasteiger partial charge in [0.1, 0.15) is 0 Å². The summed E-state index contributed by atoms with van der Waals surface area (Å²) in [5, 5.41) is 2.73. The fourth-order valence-electron chi connectivity index (χ4n) is 2.61. The maximum Gasteiger partial charge on any atom is 0.252 e. The van der Waals surface area contributed by atoms with Crippen molar-refractivity contribution in [3.63, 3.8) is 0 Å². The number of hydrogen-bond donors (Lipinski definition) is 1. The van der Waals surface area contributed by atoms with Crippen molar-refractivity contribution in [1.82, 2.24) is 15.1 Å². The number of hydrogen-bond acceptors (Lipinski definition) is 3. The van der Waals surface area contributed by atoms with Crippen LogP contribution in [-0.4, -0.2) is 61.4 Å². The monoisotopic (exact) mass is 415 g/mol. The summed E-state index contributed by atoms with van der Waals surface area (Å²) in [4.78, 5) is 28.4. The van der Waals surface area contributed by atoms with Crippen LogP contribution in [0.1, 0.15) is 23.2 Å². The lowest BCUT2D eigenvalue weighted by Gasteiger charge is -2.36. The van der Waals surface area contributed by atoms with Gasteiger partial charge in [-0.3, -0.25) is 9.59 Å². The first-order valence-electron chi connectivity index (χ1n) is 7.46. The molecule has 0 bridgehead atoms. The second-order valence-corrected chi connectivity index (χ2v) is 6.92. The Balaban J connectivity index is 1.87. The Hall–Kier alpha value is -1.15. The van der Waals surface area contributed by atoms with Crippen molar-refractivity contribution in [2.45, 2.75) is 18.9 Å². The lowest BCUT2D eigenvalue weighted by atomic mass is 10.0. The maximum atomic E-state index is 12.3. The van der Waals surface area contributed by atoms with Crippen molar-refractivity contribution in [1.29, 1.82) is 0 Å². The van der Waals surface area contributed by atoms with Gasteiger partial charge in [0, 0.05) is 22.7 Å². The molecule has 1 aliphatic heterocycles. The highest BCUT2D eigenvalue weighted by molar-refractivity contribution is 14.1. The molecule has 1 N–H and O–H groups in total. The summed E-state index contributed by atoms with van der Waals surface area (Å²) >= 11 is 2.12. The largest absolute Gasteiger partial charge is 0.343 e. The molecule has 0 radical (unpaired) electrons. The van der Waals surface area contributed by atoms with E-state index in [-0.39, 0.29) is 18.4 Å². The van der Waals surface area contributed by atoms with Gasteiger partial charge in [0.25, 0.3) is 5.91 Å². The minimum absolute atomic E-state index is 0.00848. The molecule has 2 amide bonds. The normalized spacial score (nSPS) is 18.4. The molecular formula is C16H22IN3O2. The molecule has 1 unspecified atom stereocenters. The summed E-state index contributed by atoms with van der Waals surface area (Å²) in [5.74, 6) is -0.203. The number of likely N-dealkylation sites (N-methyl/N-ethyl adjacent to an activating group) is 1. The molecule has 0 aromatic heterocycles. The lowest BCUT2D eigenvalue weighted by molar-refractivity contribution is -0.132. The summed E-state index contributed by atoms with van der Waals surface area (Å²) in [6.07, 6.45) is 2.13. The number of nitrogens with zero attached hydrogens (tertiary/aromatic N) is 2. The molecule has 6 heteroatoms. The minimum atomic E-state index is -0.195. The molecule has 0 aliphatic carbocycles. The smallest absolute Gasteiger partial charge is 0.252 e. The quantitative estimate of drug-likeness (QED) is 0.760. The summed E-state index contributed by atoms with van der Waals surface area (Å²) in [7, 11) is 4.08. The van der Waals surface area contributed by atoms with E-state index in [1.165, 1.54) is 0 Å². The molecule has 0 saturated carbocycles. The average molecular weight is 415 g/mol. The zero-order valence-corrected chi connectivity index (χ0v) is 15.2. The highest BCUT2D eigenvalue weighted by Gasteiger charge is 2.25. The highest BCUT2D eigenvalue weighted by atomic mass is 127. The number of nitrogens with one attached hydrogen (secondary N) is 1. The lowest BCUT2D eigenvalue weighted by Crippen LogP contribution is -2.50. The second kappa shape index (κ2) is 7.92. The fraction of sp³-hybridized carbons (Fsp3) is 0.500. The zero-order valence-electron chi connectivity index (χ0n) is 13.0. The average Bonchev–Trinajstić information content (AvgIpc) is 2.52. The Morgan fingerprint density at radius 1 is 1.36 bits per heavy atom. The fourth-order valence-corrected chi connectivity index (χ4v) is 3.24. The Labute approximate surface area is 145 Å². The molecule has 5 nitrogen and oxygen atoms in total.